The summed E-state index contributed by atoms with van der Waals surface area (Å²) in [4.78, 5) is 11.1. The van der Waals surface area contributed by atoms with Gasteiger partial charge in [0.1, 0.15) is 0 Å². The lowest BCUT2D eigenvalue weighted by Gasteiger charge is -2.02. The van der Waals surface area contributed by atoms with Crippen LogP contribution in [0.15, 0.2) is 36.4 Å². The third-order valence-corrected chi connectivity index (χ3v) is 1.60. The topological polar surface area (TPSA) is 29.1 Å². The van der Waals surface area contributed by atoms with E-state index >= 15 is 0 Å². The molecule has 0 bridgehead atoms. The summed E-state index contributed by atoms with van der Waals surface area (Å²) >= 11 is 0. The second kappa shape index (κ2) is 7.80. The third kappa shape index (κ3) is 5.68. The first-order valence-corrected chi connectivity index (χ1v) is 5.22. The molecular weight excluding hydrogens is 186 g/mol. The average molecular weight is 205 g/mol. The van der Waals surface area contributed by atoms with Crippen LogP contribution in [0.25, 0.3) is 0 Å². The largest absolute Gasteiger partial charge is 0.323 e. The van der Waals surface area contributed by atoms with Crippen LogP contribution < -0.4 is 5.32 Å². The number of hydrogen-bond acceptors (Lipinski definition) is 1. The van der Waals surface area contributed by atoms with E-state index in [1.54, 1.807) is 6.08 Å². The Kier molecular flexibility index (Phi) is 6.98. The number of benzene rings is 1. The number of carbonyl (C=O) groups is 1. The lowest BCUT2D eigenvalue weighted by atomic mass is 10.2. The Hall–Kier alpha value is -1.57. The molecular formula is C13H19NO. The van der Waals surface area contributed by atoms with Crippen LogP contribution in [0.2, 0.25) is 0 Å². The molecule has 1 aromatic rings. The molecule has 0 spiro atoms. The summed E-state index contributed by atoms with van der Waals surface area (Å²) < 4.78 is 0. The van der Waals surface area contributed by atoms with E-state index in [2.05, 4.69) is 5.32 Å². The Balaban J connectivity index is 0.000000921. The first-order chi connectivity index (χ1) is 7.22. The van der Waals surface area contributed by atoms with Gasteiger partial charge in [-0.3, -0.25) is 4.79 Å². The number of carbonyl (C=O) groups excluding carboxylic acids is 1. The summed E-state index contributed by atoms with van der Waals surface area (Å²) in [7, 11) is 0. The molecule has 2 heteroatoms. The summed E-state index contributed by atoms with van der Waals surface area (Å²) in [5.41, 5.74) is 1.97. The molecule has 1 N–H and O–H groups in total. The minimum absolute atomic E-state index is 0.0897. The molecule has 0 saturated heterocycles. The van der Waals surface area contributed by atoms with Gasteiger partial charge in [-0.05, 0) is 37.6 Å². The zero-order chi connectivity index (χ0) is 11.7. The highest BCUT2D eigenvalue weighted by molar-refractivity contribution is 5.99. The van der Waals surface area contributed by atoms with Crippen molar-refractivity contribution < 1.29 is 4.79 Å². The number of anilines is 1. The van der Waals surface area contributed by atoms with Crippen molar-refractivity contribution in [3.63, 3.8) is 0 Å². The number of rotatable bonds is 2. The van der Waals surface area contributed by atoms with Crippen LogP contribution in [0.4, 0.5) is 5.69 Å². The average Bonchev–Trinajstić information content (AvgIpc) is 2.21. The maximum atomic E-state index is 11.1. The second-order valence-electron chi connectivity index (χ2n) is 2.86. The van der Waals surface area contributed by atoms with Gasteiger partial charge in [0.15, 0.2) is 0 Å². The molecule has 0 saturated carbocycles. The minimum atomic E-state index is -0.0897. The molecule has 0 unspecified atom stereocenters. The summed E-state index contributed by atoms with van der Waals surface area (Å²) in [5, 5.41) is 2.76. The molecule has 0 aliphatic heterocycles. The van der Waals surface area contributed by atoms with Crippen molar-refractivity contribution in [2.24, 2.45) is 0 Å². The highest BCUT2D eigenvalue weighted by atomic mass is 16.1. The van der Waals surface area contributed by atoms with Gasteiger partial charge in [-0.1, -0.05) is 32.1 Å². The van der Waals surface area contributed by atoms with Crippen LogP contribution in [0.1, 0.15) is 26.3 Å². The SMILES string of the molecule is C/C=C\C(=O)Nc1cccc(C)c1.CC. The minimum Gasteiger partial charge on any atom is -0.323 e. The number of hydrogen-bond donors (Lipinski definition) is 1. The van der Waals surface area contributed by atoms with Gasteiger partial charge in [0.2, 0.25) is 5.91 Å². The van der Waals surface area contributed by atoms with Gasteiger partial charge in [0, 0.05) is 5.69 Å². The van der Waals surface area contributed by atoms with Crippen LogP contribution in [-0.4, -0.2) is 5.91 Å². The van der Waals surface area contributed by atoms with E-state index in [0.717, 1.165) is 11.3 Å². The van der Waals surface area contributed by atoms with Crippen molar-refractivity contribution >= 4 is 11.6 Å². The zero-order valence-electron chi connectivity index (χ0n) is 9.87. The van der Waals surface area contributed by atoms with E-state index in [-0.39, 0.29) is 5.91 Å². The molecule has 2 nitrogen and oxygen atoms in total. The molecule has 1 rings (SSSR count). The first kappa shape index (κ1) is 13.4. The molecule has 0 heterocycles. The van der Waals surface area contributed by atoms with Crippen LogP contribution in [0.3, 0.4) is 0 Å². The van der Waals surface area contributed by atoms with E-state index in [1.165, 1.54) is 6.08 Å². The maximum Gasteiger partial charge on any atom is 0.248 e. The first-order valence-electron chi connectivity index (χ1n) is 5.22. The Morgan fingerprint density at radius 3 is 2.53 bits per heavy atom. The molecule has 82 valence electrons. The molecule has 1 aromatic carbocycles. The van der Waals surface area contributed by atoms with Gasteiger partial charge in [-0.2, -0.15) is 0 Å². The Labute approximate surface area is 92.0 Å². The van der Waals surface area contributed by atoms with Gasteiger partial charge in [-0.25, -0.2) is 0 Å². The lowest BCUT2D eigenvalue weighted by Crippen LogP contribution is -2.07. The molecule has 0 aromatic heterocycles. The molecule has 0 aliphatic rings. The quantitative estimate of drug-likeness (QED) is 0.735. The highest BCUT2D eigenvalue weighted by Crippen LogP contribution is 2.09. The van der Waals surface area contributed by atoms with Crippen LogP contribution in [-0.2, 0) is 4.79 Å². The molecule has 1 amide bonds. The van der Waals surface area contributed by atoms with Crippen molar-refractivity contribution in [1.82, 2.24) is 0 Å². The number of nitrogens with one attached hydrogen (secondary N) is 1. The third-order valence-electron chi connectivity index (χ3n) is 1.60. The van der Waals surface area contributed by atoms with Gasteiger partial charge in [-0.15, -0.1) is 0 Å². The smallest absolute Gasteiger partial charge is 0.248 e. The lowest BCUT2D eigenvalue weighted by molar-refractivity contribution is -0.111. The molecule has 15 heavy (non-hydrogen) atoms. The normalized spacial score (nSPS) is 9.33. The van der Waals surface area contributed by atoms with Crippen molar-refractivity contribution in [3.05, 3.63) is 42.0 Å². The highest BCUT2D eigenvalue weighted by Gasteiger charge is 1.95. The van der Waals surface area contributed by atoms with Crippen molar-refractivity contribution in [1.29, 1.82) is 0 Å². The molecule has 0 atom stereocenters. The fourth-order valence-corrected chi connectivity index (χ4v) is 1.06. The predicted octanol–water partition coefficient (Wildman–Crippen LogP) is 3.54. The van der Waals surface area contributed by atoms with E-state index in [9.17, 15) is 4.79 Å². The Morgan fingerprint density at radius 1 is 1.33 bits per heavy atom. The fraction of sp³-hybridized carbons (Fsp3) is 0.308. The van der Waals surface area contributed by atoms with E-state index in [4.69, 9.17) is 0 Å². The number of allylic oxidation sites excluding steroid dienone is 1. The number of aryl methyl sites for hydroxylation is 1. The molecule has 0 aliphatic carbocycles. The molecule has 0 radical (unpaired) electrons. The van der Waals surface area contributed by atoms with Gasteiger partial charge < -0.3 is 5.32 Å². The summed E-state index contributed by atoms with van der Waals surface area (Å²) in [5.74, 6) is -0.0897. The summed E-state index contributed by atoms with van der Waals surface area (Å²) in [6, 6.07) is 7.71. The van der Waals surface area contributed by atoms with E-state index in [1.807, 2.05) is 52.0 Å². The zero-order valence-corrected chi connectivity index (χ0v) is 9.87. The summed E-state index contributed by atoms with van der Waals surface area (Å²) in [6.07, 6.45) is 3.22. The summed E-state index contributed by atoms with van der Waals surface area (Å²) in [6.45, 7) is 7.81. The van der Waals surface area contributed by atoms with Crippen LogP contribution in [0, 0.1) is 6.92 Å². The van der Waals surface area contributed by atoms with Gasteiger partial charge >= 0.3 is 0 Å². The predicted molar refractivity (Wildman–Crippen MR) is 66.0 cm³/mol. The number of amides is 1. The van der Waals surface area contributed by atoms with Crippen molar-refractivity contribution in [2.45, 2.75) is 27.7 Å². The van der Waals surface area contributed by atoms with Gasteiger partial charge in [0.05, 0.1) is 0 Å². The maximum absolute atomic E-state index is 11.1. The second-order valence-corrected chi connectivity index (χ2v) is 2.86. The van der Waals surface area contributed by atoms with Gasteiger partial charge in [0.25, 0.3) is 0 Å². The molecule has 0 fully saturated rings. The van der Waals surface area contributed by atoms with Crippen LogP contribution in [0.5, 0.6) is 0 Å². The van der Waals surface area contributed by atoms with Crippen molar-refractivity contribution in [2.75, 3.05) is 5.32 Å². The fourth-order valence-electron chi connectivity index (χ4n) is 1.06. The van der Waals surface area contributed by atoms with Crippen molar-refractivity contribution in [3.8, 4) is 0 Å². The monoisotopic (exact) mass is 205 g/mol. The van der Waals surface area contributed by atoms with Crippen LogP contribution >= 0.6 is 0 Å². The van der Waals surface area contributed by atoms with E-state index < -0.39 is 0 Å². The standard InChI is InChI=1S/C11H13NO.C2H6/c1-3-5-11(13)12-10-7-4-6-9(2)8-10;1-2/h3-8H,1-2H3,(H,12,13);1-2H3/b5-3-;. The van der Waals surface area contributed by atoms with E-state index in [0.29, 0.717) is 0 Å². The Morgan fingerprint density at radius 2 is 2.00 bits per heavy atom. The Bertz CT molecular complexity index is 329.